The topological polar surface area (TPSA) is 66.8 Å². The van der Waals surface area contributed by atoms with Crippen LogP contribution < -0.4 is 4.74 Å². The summed E-state index contributed by atoms with van der Waals surface area (Å²) in [6, 6.07) is 4.85. The monoisotopic (exact) mass is 224 g/mol. The van der Waals surface area contributed by atoms with Crippen LogP contribution in [0.25, 0.3) is 0 Å². The molecule has 4 heteroatoms. The van der Waals surface area contributed by atoms with Crippen molar-refractivity contribution in [2.75, 3.05) is 0 Å². The van der Waals surface area contributed by atoms with Crippen LogP contribution in [0.5, 0.6) is 5.75 Å². The van der Waals surface area contributed by atoms with Crippen LogP contribution in [0.1, 0.15) is 29.8 Å². The number of aromatic carboxylic acids is 1. The molecule has 0 amide bonds. The summed E-state index contributed by atoms with van der Waals surface area (Å²) in [4.78, 5) is 10.9. The fraction of sp³-hybridized carbons (Fsp3) is 0.417. The molecule has 2 N–H and O–H groups in total. The molecule has 0 radical (unpaired) electrons. The molecule has 0 fully saturated rings. The van der Waals surface area contributed by atoms with E-state index in [1.54, 1.807) is 32.9 Å². The Bertz CT molecular complexity index is 385. The van der Waals surface area contributed by atoms with Gasteiger partial charge in [0.25, 0.3) is 0 Å². The second-order valence-corrected chi connectivity index (χ2v) is 3.80. The molecular formula is C12H16O4. The quantitative estimate of drug-likeness (QED) is 0.819. The number of ether oxygens (including phenoxy) is 1. The lowest BCUT2D eigenvalue weighted by Gasteiger charge is -2.19. The summed E-state index contributed by atoms with van der Waals surface area (Å²) in [6.07, 6.45) is -0.976. The molecule has 0 bridgehead atoms. The number of aliphatic hydroxyl groups excluding tert-OH is 1. The van der Waals surface area contributed by atoms with Gasteiger partial charge in [0.1, 0.15) is 11.9 Å². The largest absolute Gasteiger partial charge is 0.488 e. The van der Waals surface area contributed by atoms with Crippen molar-refractivity contribution in [2.24, 2.45) is 0 Å². The summed E-state index contributed by atoms with van der Waals surface area (Å²) >= 11 is 0. The van der Waals surface area contributed by atoms with Crippen LogP contribution in [0.4, 0.5) is 0 Å². The Labute approximate surface area is 94.5 Å². The first kappa shape index (κ1) is 12.5. The summed E-state index contributed by atoms with van der Waals surface area (Å²) in [5.74, 6) is -0.485. The molecular weight excluding hydrogens is 208 g/mol. The van der Waals surface area contributed by atoms with E-state index in [9.17, 15) is 9.90 Å². The van der Waals surface area contributed by atoms with Crippen LogP contribution in [-0.4, -0.2) is 28.4 Å². The molecule has 0 saturated heterocycles. The van der Waals surface area contributed by atoms with Crippen molar-refractivity contribution in [3.05, 3.63) is 29.3 Å². The molecule has 0 aliphatic carbocycles. The van der Waals surface area contributed by atoms with E-state index in [-0.39, 0.29) is 11.7 Å². The Balaban J connectivity index is 2.98. The second kappa shape index (κ2) is 4.99. The van der Waals surface area contributed by atoms with E-state index in [4.69, 9.17) is 9.84 Å². The molecule has 1 aromatic carbocycles. The van der Waals surface area contributed by atoms with Crippen LogP contribution >= 0.6 is 0 Å². The summed E-state index contributed by atoms with van der Waals surface area (Å²) in [5, 5.41) is 18.2. The number of hydrogen-bond donors (Lipinski definition) is 2. The first-order chi connectivity index (χ1) is 7.43. The van der Waals surface area contributed by atoms with Crippen molar-refractivity contribution in [2.45, 2.75) is 33.0 Å². The number of carbonyl (C=O) groups is 1. The Morgan fingerprint density at radius 3 is 2.50 bits per heavy atom. The maximum absolute atomic E-state index is 10.9. The Morgan fingerprint density at radius 1 is 1.38 bits per heavy atom. The van der Waals surface area contributed by atoms with Crippen molar-refractivity contribution in [3.8, 4) is 5.75 Å². The zero-order valence-corrected chi connectivity index (χ0v) is 9.60. The van der Waals surface area contributed by atoms with Gasteiger partial charge < -0.3 is 14.9 Å². The van der Waals surface area contributed by atoms with Crippen molar-refractivity contribution < 1.29 is 19.7 Å². The molecule has 2 unspecified atom stereocenters. The lowest BCUT2D eigenvalue weighted by Crippen LogP contribution is -2.26. The molecule has 1 aromatic rings. The van der Waals surface area contributed by atoms with E-state index < -0.39 is 12.1 Å². The van der Waals surface area contributed by atoms with E-state index in [2.05, 4.69) is 0 Å². The third-order valence-electron chi connectivity index (χ3n) is 2.51. The Hall–Kier alpha value is -1.55. The maximum Gasteiger partial charge on any atom is 0.336 e. The van der Waals surface area contributed by atoms with Gasteiger partial charge in [0, 0.05) is 5.56 Å². The predicted octanol–water partition coefficient (Wildman–Crippen LogP) is 1.84. The van der Waals surface area contributed by atoms with Crippen molar-refractivity contribution in [1.29, 1.82) is 0 Å². The van der Waals surface area contributed by atoms with E-state index >= 15 is 0 Å². The molecule has 16 heavy (non-hydrogen) atoms. The Kier molecular flexibility index (Phi) is 3.90. The normalized spacial score (nSPS) is 14.2. The van der Waals surface area contributed by atoms with Gasteiger partial charge in [-0.15, -0.1) is 0 Å². The average Bonchev–Trinajstić information content (AvgIpc) is 2.20. The maximum atomic E-state index is 10.9. The number of carboxylic acids is 1. The molecule has 2 atom stereocenters. The summed E-state index contributed by atoms with van der Waals surface area (Å²) in [7, 11) is 0. The van der Waals surface area contributed by atoms with E-state index in [1.165, 1.54) is 6.07 Å². The SMILES string of the molecule is Cc1c(OC(C)C(C)O)cccc1C(=O)O. The number of hydrogen-bond acceptors (Lipinski definition) is 3. The van der Waals surface area contributed by atoms with Crippen molar-refractivity contribution in [1.82, 2.24) is 0 Å². The van der Waals surface area contributed by atoms with Gasteiger partial charge in [0.15, 0.2) is 0 Å². The molecule has 0 spiro atoms. The van der Waals surface area contributed by atoms with Crippen molar-refractivity contribution in [3.63, 3.8) is 0 Å². The van der Waals surface area contributed by atoms with Gasteiger partial charge in [-0.05, 0) is 32.9 Å². The van der Waals surface area contributed by atoms with Crippen LogP contribution in [0.3, 0.4) is 0 Å². The molecule has 0 aliphatic heterocycles. The van der Waals surface area contributed by atoms with Gasteiger partial charge in [-0.25, -0.2) is 4.79 Å². The van der Waals surface area contributed by atoms with Crippen LogP contribution in [0.15, 0.2) is 18.2 Å². The molecule has 0 saturated carbocycles. The first-order valence-electron chi connectivity index (χ1n) is 5.11. The zero-order valence-electron chi connectivity index (χ0n) is 9.60. The average molecular weight is 224 g/mol. The standard InChI is InChI=1S/C12H16O4/c1-7-10(12(14)15)5-4-6-11(7)16-9(3)8(2)13/h4-6,8-9,13H,1-3H3,(H,14,15). The summed E-state index contributed by atoms with van der Waals surface area (Å²) in [6.45, 7) is 5.05. The minimum atomic E-state index is -0.979. The van der Waals surface area contributed by atoms with E-state index in [0.29, 0.717) is 11.3 Å². The third-order valence-corrected chi connectivity index (χ3v) is 2.51. The summed E-state index contributed by atoms with van der Waals surface area (Å²) in [5.41, 5.74) is 0.790. The highest BCUT2D eigenvalue weighted by Gasteiger charge is 2.15. The minimum absolute atomic E-state index is 0.218. The van der Waals surface area contributed by atoms with Crippen LogP contribution in [0, 0.1) is 6.92 Å². The zero-order chi connectivity index (χ0) is 12.3. The van der Waals surface area contributed by atoms with Gasteiger partial charge in [-0.1, -0.05) is 6.07 Å². The highest BCUT2D eigenvalue weighted by molar-refractivity contribution is 5.90. The molecule has 4 nitrogen and oxygen atoms in total. The molecule has 0 heterocycles. The number of benzene rings is 1. The summed E-state index contributed by atoms with van der Waals surface area (Å²) < 4.78 is 5.48. The highest BCUT2D eigenvalue weighted by atomic mass is 16.5. The van der Waals surface area contributed by atoms with Crippen LogP contribution in [-0.2, 0) is 0 Å². The Morgan fingerprint density at radius 2 is 2.00 bits per heavy atom. The fourth-order valence-electron chi connectivity index (χ4n) is 1.27. The van der Waals surface area contributed by atoms with Crippen molar-refractivity contribution >= 4 is 5.97 Å². The lowest BCUT2D eigenvalue weighted by atomic mass is 10.1. The lowest BCUT2D eigenvalue weighted by molar-refractivity contribution is 0.0595. The first-order valence-corrected chi connectivity index (χ1v) is 5.11. The predicted molar refractivity (Wildman–Crippen MR) is 59.9 cm³/mol. The third kappa shape index (κ3) is 2.73. The number of aliphatic hydroxyl groups is 1. The number of rotatable bonds is 4. The highest BCUT2D eigenvalue weighted by Crippen LogP contribution is 2.23. The number of carboxylic acid groups (broad SMARTS) is 1. The molecule has 88 valence electrons. The molecule has 1 rings (SSSR count). The van der Waals surface area contributed by atoms with Gasteiger partial charge >= 0.3 is 5.97 Å². The van der Waals surface area contributed by atoms with Gasteiger partial charge in [0.2, 0.25) is 0 Å². The minimum Gasteiger partial charge on any atom is -0.488 e. The fourth-order valence-corrected chi connectivity index (χ4v) is 1.27. The second-order valence-electron chi connectivity index (χ2n) is 3.80. The smallest absolute Gasteiger partial charge is 0.336 e. The molecule has 0 aromatic heterocycles. The van der Waals surface area contributed by atoms with Gasteiger partial charge in [0.05, 0.1) is 11.7 Å². The van der Waals surface area contributed by atoms with E-state index in [1.807, 2.05) is 0 Å². The van der Waals surface area contributed by atoms with Crippen LogP contribution in [0.2, 0.25) is 0 Å². The van der Waals surface area contributed by atoms with Gasteiger partial charge in [-0.2, -0.15) is 0 Å². The van der Waals surface area contributed by atoms with Gasteiger partial charge in [-0.3, -0.25) is 0 Å². The molecule has 0 aliphatic rings. The van der Waals surface area contributed by atoms with E-state index in [0.717, 1.165) is 0 Å².